The van der Waals surface area contributed by atoms with Crippen molar-refractivity contribution < 1.29 is 14.7 Å². The van der Waals surface area contributed by atoms with Crippen LogP contribution in [-0.2, 0) is 0 Å². The molecule has 2 aromatic carbocycles. The summed E-state index contributed by atoms with van der Waals surface area (Å²) < 4.78 is 0. The number of carbonyl (C=O) groups is 2. The van der Waals surface area contributed by atoms with E-state index in [0.29, 0.717) is 5.56 Å². The highest BCUT2D eigenvalue weighted by atomic mass is 35.5. The van der Waals surface area contributed by atoms with E-state index in [2.05, 4.69) is 0 Å². The van der Waals surface area contributed by atoms with E-state index >= 15 is 0 Å². The van der Waals surface area contributed by atoms with Gasteiger partial charge in [-0.2, -0.15) is 0 Å². The molecule has 0 saturated carbocycles. The van der Waals surface area contributed by atoms with Gasteiger partial charge in [-0.1, -0.05) is 41.9 Å². The monoisotopic (exact) mass is 260 g/mol. The van der Waals surface area contributed by atoms with Crippen LogP contribution in [-0.4, -0.2) is 17.4 Å². The average molecular weight is 261 g/mol. The molecule has 0 aliphatic carbocycles. The fourth-order valence-corrected chi connectivity index (χ4v) is 1.88. The number of hydrogen-bond acceptors (Lipinski definition) is 2. The molecule has 0 aliphatic rings. The van der Waals surface area contributed by atoms with E-state index in [1.165, 1.54) is 6.07 Å². The van der Waals surface area contributed by atoms with E-state index in [0.717, 1.165) is 17.4 Å². The normalized spacial score (nSPS) is 10.1. The maximum atomic E-state index is 10.8. The third-order valence-corrected chi connectivity index (χ3v) is 2.89. The van der Waals surface area contributed by atoms with Gasteiger partial charge < -0.3 is 5.11 Å². The molecule has 0 amide bonds. The second-order valence-electron chi connectivity index (χ2n) is 3.74. The van der Waals surface area contributed by atoms with Gasteiger partial charge in [0.1, 0.15) is 6.29 Å². The molecule has 0 bridgehead atoms. The average Bonchev–Trinajstić information content (AvgIpc) is 2.38. The number of carbonyl (C=O) groups excluding carboxylic acids is 1. The molecular formula is C14H9ClO3. The van der Waals surface area contributed by atoms with Crippen LogP contribution in [0.2, 0.25) is 5.02 Å². The van der Waals surface area contributed by atoms with E-state index < -0.39 is 5.97 Å². The van der Waals surface area contributed by atoms with E-state index in [1.807, 2.05) is 0 Å². The van der Waals surface area contributed by atoms with Crippen molar-refractivity contribution in [2.75, 3.05) is 0 Å². The van der Waals surface area contributed by atoms with Gasteiger partial charge in [-0.3, -0.25) is 4.79 Å². The second kappa shape index (κ2) is 5.02. The minimum atomic E-state index is -1.05. The predicted octanol–water partition coefficient (Wildman–Crippen LogP) is 3.52. The zero-order chi connectivity index (χ0) is 13.1. The lowest BCUT2D eigenvalue weighted by atomic mass is 10.0. The van der Waals surface area contributed by atoms with Gasteiger partial charge in [0.15, 0.2) is 0 Å². The van der Waals surface area contributed by atoms with Crippen molar-refractivity contribution in [1.82, 2.24) is 0 Å². The minimum Gasteiger partial charge on any atom is -0.478 e. The summed E-state index contributed by atoms with van der Waals surface area (Å²) in [6.07, 6.45) is 0.768. The summed E-state index contributed by atoms with van der Waals surface area (Å²) in [6, 6.07) is 11.7. The summed E-state index contributed by atoms with van der Waals surface area (Å²) >= 11 is 5.90. The fourth-order valence-electron chi connectivity index (χ4n) is 1.62. The van der Waals surface area contributed by atoms with Gasteiger partial charge in [-0.15, -0.1) is 0 Å². The molecule has 0 aliphatic heterocycles. The van der Waals surface area contributed by atoms with E-state index in [1.54, 1.807) is 36.4 Å². The molecule has 2 aromatic rings. The zero-order valence-corrected chi connectivity index (χ0v) is 10.0. The zero-order valence-electron chi connectivity index (χ0n) is 9.26. The number of aromatic carboxylic acids is 1. The number of halogens is 1. The Balaban J connectivity index is 2.41. The molecule has 0 atom stereocenters. The summed E-state index contributed by atoms with van der Waals surface area (Å²) in [5.41, 5.74) is 2.35. The Labute approximate surface area is 109 Å². The SMILES string of the molecule is O=Cc1ccc(-c2ccc(C(=O)O)c(Cl)c2)cc1. The molecule has 90 valence electrons. The van der Waals surface area contributed by atoms with E-state index in [-0.39, 0.29) is 10.6 Å². The van der Waals surface area contributed by atoms with E-state index in [4.69, 9.17) is 16.7 Å². The van der Waals surface area contributed by atoms with Crippen molar-refractivity contribution in [1.29, 1.82) is 0 Å². The third-order valence-electron chi connectivity index (χ3n) is 2.58. The molecule has 0 fully saturated rings. The lowest BCUT2D eigenvalue weighted by Gasteiger charge is -2.04. The lowest BCUT2D eigenvalue weighted by molar-refractivity contribution is 0.0697. The largest absolute Gasteiger partial charge is 0.478 e. The quantitative estimate of drug-likeness (QED) is 0.859. The smallest absolute Gasteiger partial charge is 0.337 e. The van der Waals surface area contributed by atoms with Gasteiger partial charge in [0.05, 0.1) is 10.6 Å². The van der Waals surface area contributed by atoms with Crippen molar-refractivity contribution >= 4 is 23.9 Å². The summed E-state index contributed by atoms with van der Waals surface area (Å²) in [4.78, 5) is 21.4. The number of benzene rings is 2. The van der Waals surface area contributed by atoms with Gasteiger partial charge in [0.25, 0.3) is 0 Å². The number of rotatable bonds is 3. The van der Waals surface area contributed by atoms with Crippen LogP contribution in [0.4, 0.5) is 0 Å². The molecule has 0 aromatic heterocycles. The van der Waals surface area contributed by atoms with Crippen molar-refractivity contribution in [2.45, 2.75) is 0 Å². The Kier molecular flexibility index (Phi) is 3.44. The maximum Gasteiger partial charge on any atom is 0.337 e. The third kappa shape index (κ3) is 2.41. The highest BCUT2D eigenvalue weighted by molar-refractivity contribution is 6.33. The van der Waals surface area contributed by atoms with Crippen LogP contribution in [0.25, 0.3) is 11.1 Å². The van der Waals surface area contributed by atoms with Crippen LogP contribution in [0.1, 0.15) is 20.7 Å². The second-order valence-corrected chi connectivity index (χ2v) is 4.15. The first-order chi connectivity index (χ1) is 8.61. The predicted molar refractivity (Wildman–Crippen MR) is 69.2 cm³/mol. The number of aldehydes is 1. The molecule has 0 unspecified atom stereocenters. The first-order valence-corrected chi connectivity index (χ1v) is 5.58. The molecule has 4 heteroatoms. The molecule has 0 heterocycles. The standard InChI is InChI=1S/C14H9ClO3/c15-13-7-11(5-6-12(13)14(17)18)10-3-1-9(8-16)2-4-10/h1-8H,(H,17,18). The van der Waals surface area contributed by atoms with Crippen LogP contribution < -0.4 is 0 Å². The van der Waals surface area contributed by atoms with Crippen LogP contribution in [0.15, 0.2) is 42.5 Å². The molecular weight excluding hydrogens is 252 g/mol. The van der Waals surface area contributed by atoms with Gasteiger partial charge in [0, 0.05) is 5.56 Å². The number of hydrogen-bond donors (Lipinski definition) is 1. The van der Waals surface area contributed by atoms with Crippen LogP contribution in [0, 0.1) is 0 Å². The van der Waals surface area contributed by atoms with Crippen molar-refractivity contribution in [3.8, 4) is 11.1 Å². The van der Waals surface area contributed by atoms with Crippen molar-refractivity contribution in [2.24, 2.45) is 0 Å². The van der Waals surface area contributed by atoms with Gasteiger partial charge in [0.2, 0.25) is 0 Å². The lowest BCUT2D eigenvalue weighted by Crippen LogP contribution is -1.97. The highest BCUT2D eigenvalue weighted by Crippen LogP contribution is 2.25. The molecule has 3 nitrogen and oxygen atoms in total. The van der Waals surface area contributed by atoms with Gasteiger partial charge >= 0.3 is 5.97 Å². The number of carboxylic acids is 1. The summed E-state index contributed by atoms with van der Waals surface area (Å²) in [6.45, 7) is 0. The first kappa shape index (κ1) is 12.3. The number of carboxylic acid groups (broad SMARTS) is 1. The Morgan fingerprint density at radius 2 is 1.67 bits per heavy atom. The van der Waals surface area contributed by atoms with Crippen LogP contribution in [0.5, 0.6) is 0 Å². The van der Waals surface area contributed by atoms with Gasteiger partial charge in [-0.25, -0.2) is 4.79 Å². The molecule has 0 saturated heterocycles. The fraction of sp³-hybridized carbons (Fsp3) is 0. The Morgan fingerprint density at radius 1 is 1.06 bits per heavy atom. The minimum absolute atomic E-state index is 0.0740. The Bertz CT molecular complexity index is 603. The topological polar surface area (TPSA) is 54.4 Å². The Morgan fingerprint density at radius 3 is 2.17 bits per heavy atom. The maximum absolute atomic E-state index is 10.8. The van der Waals surface area contributed by atoms with E-state index in [9.17, 15) is 9.59 Å². The Hall–Kier alpha value is -2.13. The summed E-state index contributed by atoms with van der Waals surface area (Å²) in [5, 5.41) is 9.07. The van der Waals surface area contributed by atoms with Crippen LogP contribution >= 0.6 is 11.6 Å². The molecule has 1 N–H and O–H groups in total. The van der Waals surface area contributed by atoms with Crippen molar-refractivity contribution in [3.63, 3.8) is 0 Å². The molecule has 2 rings (SSSR count). The van der Waals surface area contributed by atoms with Gasteiger partial charge in [-0.05, 0) is 23.3 Å². The van der Waals surface area contributed by atoms with Crippen molar-refractivity contribution in [3.05, 3.63) is 58.6 Å². The summed E-state index contributed by atoms with van der Waals surface area (Å²) in [7, 11) is 0. The molecule has 0 radical (unpaired) electrons. The molecule has 18 heavy (non-hydrogen) atoms. The highest BCUT2D eigenvalue weighted by Gasteiger charge is 2.09. The first-order valence-electron chi connectivity index (χ1n) is 5.20. The van der Waals surface area contributed by atoms with Crippen LogP contribution in [0.3, 0.4) is 0 Å². The molecule has 0 spiro atoms. The summed E-state index contributed by atoms with van der Waals surface area (Å²) in [5.74, 6) is -1.05.